The second kappa shape index (κ2) is 7.26. The normalized spacial score (nSPS) is 22.2. The van der Waals surface area contributed by atoms with Gasteiger partial charge in [0.2, 0.25) is 0 Å². The van der Waals surface area contributed by atoms with Gasteiger partial charge in [-0.1, -0.05) is 48.3 Å². The molecule has 1 aromatic carbocycles. The van der Waals surface area contributed by atoms with E-state index in [9.17, 15) is 4.79 Å². The van der Waals surface area contributed by atoms with E-state index in [2.05, 4.69) is 47.2 Å². The smallest absolute Gasteiger partial charge is 0.251 e. The molecule has 1 aliphatic carbocycles. The summed E-state index contributed by atoms with van der Waals surface area (Å²) in [5.74, 6) is 1.91. The summed E-state index contributed by atoms with van der Waals surface area (Å²) in [6.07, 6.45) is 3.82. The van der Waals surface area contributed by atoms with E-state index >= 15 is 0 Å². The highest BCUT2D eigenvalue weighted by Gasteiger charge is 2.26. The summed E-state index contributed by atoms with van der Waals surface area (Å²) >= 11 is 3.58. The van der Waals surface area contributed by atoms with Crippen LogP contribution >= 0.6 is 15.9 Å². The van der Waals surface area contributed by atoms with Gasteiger partial charge in [0, 0.05) is 17.4 Å². The number of nitrogens with one attached hydrogen (secondary N) is 1. The van der Waals surface area contributed by atoms with Crippen LogP contribution in [-0.4, -0.2) is 17.8 Å². The molecule has 2 nitrogen and oxygen atoms in total. The summed E-state index contributed by atoms with van der Waals surface area (Å²) in [6, 6.07) is 7.97. The molecule has 1 N–H and O–H groups in total. The lowest BCUT2D eigenvalue weighted by atomic mass is 9.98. The maximum Gasteiger partial charge on any atom is 0.251 e. The molecule has 3 heteroatoms. The van der Waals surface area contributed by atoms with Crippen molar-refractivity contribution in [2.75, 3.05) is 11.9 Å². The van der Waals surface area contributed by atoms with E-state index in [1.54, 1.807) is 0 Å². The van der Waals surface area contributed by atoms with Gasteiger partial charge in [0.05, 0.1) is 0 Å². The minimum atomic E-state index is 0.0560. The van der Waals surface area contributed by atoms with Gasteiger partial charge in [-0.25, -0.2) is 0 Å². The van der Waals surface area contributed by atoms with Gasteiger partial charge in [-0.3, -0.25) is 4.79 Å². The van der Waals surface area contributed by atoms with E-state index < -0.39 is 0 Å². The highest BCUT2D eigenvalue weighted by Crippen LogP contribution is 2.32. The Hall–Kier alpha value is -0.830. The van der Waals surface area contributed by atoms with Gasteiger partial charge >= 0.3 is 0 Å². The van der Waals surface area contributed by atoms with Crippen LogP contribution in [0.5, 0.6) is 0 Å². The van der Waals surface area contributed by atoms with Crippen LogP contribution in [0.15, 0.2) is 24.3 Å². The van der Waals surface area contributed by atoms with Crippen molar-refractivity contribution in [3.05, 3.63) is 35.4 Å². The topological polar surface area (TPSA) is 29.1 Å². The largest absolute Gasteiger partial charge is 0.352 e. The Kier molecular flexibility index (Phi) is 5.64. The van der Waals surface area contributed by atoms with Crippen molar-refractivity contribution in [2.45, 2.75) is 39.0 Å². The predicted molar refractivity (Wildman–Crippen MR) is 87.5 cm³/mol. The van der Waals surface area contributed by atoms with Crippen molar-refractivity contribution in [1.29, 1.82) is 0 Å². The molecule has 1 amide bonds. The minimum absolute atomic E-state index is 0.0560. The van der Waals surface area contributed by atoms with Gasteiger partial charge in [0.15, 0.2) is 0 Å². The summed E-state index contributed by atoms with van der Waals surface area (Å²) in [6.45, 7) is 5.13. The molecule has 1 saturated carbocycles. The molecule has 2 atom stereocenters. The van der Waals surface area contributed by atoms with Crippen LogP contribution < -0.4 is 5.32 Å². The number of hydrogen-bond donors (Lipinski definition) is 1. The Bertz CT molecular complexity index is 441. The third-order valence-corrected chi connectivity index (χ3v) is 5.21. The van der Waals surface area contributed by atoms with Crippen LogP contribution in [0.4, 0.5) is 0 Å². The van der Waals surface area contributed by atoms with E-state index in [1.807, 2.05) is 12.1 Å². The molecule has 110 valence electrons. The van der Waals surface area contributed by atoms with Crippen molar-refractivity contribution in [1.82, 2.24) is 5.32 Å². The summed E-state index contributed by atoms with van der Waals surface area (Å²) in [5, 5.41) is 4.15. The number of carbonyl (C=O) groups excluding carboxylic acids is 1. The van der Waals surface area contributed by atoms with Crippen LogP contribution in [0.1, 0.15) is 54.9 Å². The molecule has 0 saturated heterocycles. The number of halogens is 1. The van der Waals surface area contributed by atoms with Crippen molar-refractivity contribution >= 4 is 21.8 Å². The molecular formula is C17H24BrNO. The van der Waals surface area contributed by atoms with Crippen LogP contribution in [0.3, 0.4) is 0 Å². The molecule has 0 bridgehead atoms. The number of rotatable bonds is 5. The zero-order chi connectivity index (χ0) is 14.5. The molecule has 1 aromatic rings. The van der Waals surface area contributed by atoms with Crippen LogP contribution in [0.2, 0.25) is 0 Å². The first kappa shape index (κ1) is 15.6. The van der Waals surface area contributed by atoms with E-state index in [0.717, 1.165) is 23.4 Å². The lowest BCUT2D eigenvalue weighted by Gasteiger charge is -2.17. The Balaban J connectivity index is 1.88. The number of benzene rings is 1. The first-order chi connectivity index (χ1) is 9.61. The van der Waals surface area contributed by atoms with Crippen LogP contribution in [-0.2, 0) is 0 Å². The number of amides is 1. The maximum atomic E-state index is 12.2. The van der Waals surface area contributed by atoms with Gasteiger partial charge in [-0.05, 0) is 48.3 Å². The van der Waals surface area contributed by atoms with E-state index in [1.165, 1.54) is 24.8 Å². The van der Waals surface area contributed by atoms with Gasteiger partial charge in [-0.2, -0.15) is 0 Å². The van der Waals surface area contributed by atoms with E-state index in [4.69, 9.17) is 0 Å². The fraction of sp³-hybridized carbons (Fsp3) is 0.588. The van der Waals surface area contributed by atoms with Crippen LogP contribution in [0.25, 0.3) is 0 Å². The second-order valence-electron chi connectivity index (χ2n) is 6.09. The number of alkyl halides is 1. The minimum Gasteiger partial charge on any atom is -0.352 e. The number of carbonyl (C=O) groups is 1. The highest BCUT2D eigenvalue weighted by molar-refractivity contribution is 9.09. The molecule has 0 aliphatic heterocycles. The Morgan fingerprint density at radius 3 is 2.50 bits per heavy atom. The lowest BCUT2D eigenvalue weighted by Crippen LogP contribution is -2.31. The van der Waals surface area contributed by atoms with E-state index in [-0.39, 0.29) is 5.91 Å². The average molecular weight is 338 g/mol. The maximum absolute atomic E-state index is 12.2. The summed E-state index contributed by atoms with van der Waals surface area (Å²) in [4.78, 5) is 12.2. The second-order valence-corrected chi connectivity index (χ2v) is 6.74. The average Bonchev–Trinajstić information content (AvgIpc) is 2.92. The molecule has 0 spiro atoms. The summed E-state index contributed by atoms with van der Waals surface area (Å²) in [5.41, 5.74) is 2.04. The van der Waals surface area contributed by atoms with Crippen molar-refractivity contribution in [3.63, 3.8) is 0 Å². The molecule has 1 aliphatic rings. The predicted octanol–water partition coefficient (Wildman–Crippen LogP) is 4.35. The first-order valence-corrected chi connectivity index (χ1v) is 8.68. The Morgan fingerprint density at radius 1 is 1.25 bits per heavy atom. The van der Waals surface area contributed by atoms with Gasteiger partial charge in [-0.15, -0.1) is 0 Å². The third kappa shape index (κ3) is 3.85. The molecule has 20 heavy (non-hydrogen) atoms. The molecule has 0 aromatic heterocycles. The number of hydrogen-bond acceptors (Lipinski definition) is 1. The molecule has 1 fully saturated rings. The SMILES string of the molecule is CC(C)c1ccc(C(=O)NCC2CCCC2CBr)cc1. The quantitative estimate of drug-likeness (QED) is 0.795. The first-order valence-electron chi connectivity index (χ1n) is 7.56. The lowest BCUT2D eigenvalue weighted by molar-refractivity contribution is 0.0945. The molecule has 0 radical (unpaired) electrons. The Morgan fingerprint density at radius 2 is 1.90 bits per heavy atom. The van der Waals surface area contributed by atoms with Gasteiger partial charge in [0.25, 0.3) is 5.91 Å². The van der Waals surface area contributed by atoms with E-state index in [0.29, 0.717) is 11.8 Å². The van der Waals surface area contributed by atoms with Crippen LogP contribution in [0, 0.1) is 11.8 Å². The van der Waals surface area contributed by atoms with Gasteiger partial charge in [0.1, 0.15) is 0 Å². The molecule has 2 rings (SSSR count). The third-order valence-electron chi connectivity index (χ3n) is 4.38. The zero-order valence-electron chi connectivity index (χ0n) is 12.4. The van der Waals surface area contributed by atoms with Crippen molar-refractivity contribution in [3.8, 4) is 0 Å². The molecular weight excluding hydrogens is 314 g/mol. The standard InChI is InChI=1S/C17H24BrNO/c1-12(2)13-6-8-14(9-7-13)17(20)19-11-16-5-3-4-15(16)10-18/h6-9,12,15-16H,3-5,10-11H2,1-2H3,(H,19,20). The summed E-state index contributed by atoms with van der Waals surface area (Å²) < 4.78 is 0. The fourth-order valence-corrected chi connectivity index (χ4v) is 3.78. The van der Waals surface area contributed by atoms with Gasteiger partial charge < -0.3 is 5.32 Å². The summed E-state index contributed by atoms with van der Waals surface area (Å²) in [7, 11) is 0. The van der Waals surface area contributed by atoms with Crippen molar-refractivity contribution in [2.24, 2.45) is 11.8 Å². The Labute approximate surface area is 130 Å². The molecule has 0 heterocycles. The fourth-order valence-electron chi connectivity index (χ4n) is 2.93. The highest BCUT2D eigenvalue weighted by atomic mass is 79.9. The zero-order valence-corrected chi connectivity index (χ0v) is 13.9. The monoisotopic (exact) mass is 337 g/mol. The van der Waals surface area contributed by atoms with Crippen molar-refractivity contribution < 1.29 is 4.79 Å². The molecule has 2 unspecified atom stereocenters.